The molecule has 0 aromatic heterocycles. The first-order valence-corrected chi connectivity index (χ1v) is 9.42. The van der Waals surface area contributed by atoms with Crippen molar-refractivity contribution >= 4 is 11.6 Å². The first kappa shape index (κ1) is 19.4. The van der Waals surface area contributed by atoms with E-state index in [9.17, 15) is 0 Å². The Kier molecular flexibility index (Phi) is 6.48. The van der Waals surface area contributed by atoms with Crippen LogP contribution in [0.15, 0.2) is 53.5 Å². The molecular weight excluding hydrogens is 338 g/mol. The Labute approximate surface area is 161 Å². The van der Waals surface area contributed by atoms with Crippen molar-refractivity contribution in [3.8, 4) is 0 Å². The summed E-state index contributed by atoms with van der Waals surface area (Å²) in [6.45, 7) is 4.86. The van der Waals surface area contributed by atoms with Gasteiger partial charge in [-0.1, -0.05) is 42.5 Å². The SMILES string of the molecule is COCc1ccccc1NC(N)=NCC1(c2ccccc2C)CCOCC1. The van der Waals surface area contributed by atoms with Gasteiger partial charge in [0.2, 0.25) is 0 Å². The Bertz CT molecular complexity index is 783. The lowest BCUT2D eigenvalue weighted by molar-refractivity contribution is 0.0529. The van der Waals surface area contributed by atoms with Crippen LogP contribution in [-0.2, 0) is 21.5 Å². The lowest BCUT2D eigenvalue weighted by atomic mass is 9.72. The molecule has 0 spiro atoms. The van der Waals surface area contributed by atoms with E-state index in [0.29, 0.717) is 19.1 Å². The molecule has 3 rings (SSSR count). The zero-order valence-corrected chi connectivity index (χ0v) is 16.2. The summed E-state index contributed by atoms with van der Waals surface area (Å²) in [5, 5.41) is 3.23. The summed E-state index contributed by atoms with van der Waals surface area (Å²) in [6, 6.07) is 16.5. The Morgan fingerprint density at radius 1 is 1.15 bits per heavy atom. The van der Waals surface area contributed by atoms with Crippen LogP contribution < -0.4 is 11.1 Å². The minimum absolute atomic E-state index is 0.0259. The second kappa shape index (κ2) is 9.02. The second-order valence-corrected chi connectivity index (χ2v) is 7.12. The number of benzene rings is 2. The maximum Gasteiger partial charge on any atom is 0.193 e. The topological polar surface area (TPSA) is 68.9 Å². The Morgan fingerprint density at radius 2 is 1.85 bits per heavy atom. The Morgan fingerprint density at radius 3 is 2.59 bits per heavy atom. The third-order valence-corrected chi connectivity index (χ3v) is 5.30. The first-order valence-electron chi connectivity index (χ1n) is 9.42. The van der Waals surface area contributed by atoms with Gasteiger partial charge in [-0.25, -0.2) is 0 Å². The molecule has 5 heteroatoms. The molecule has 3 N–H and O–H groups in total. The van der Waals surface area contributed by atoms with Gasteiger partial charge < -0.3 is 20.5 Å². The van der Waals surface area contributed by atoms with E-state index in [-0.39, 0.29) is 5.41 Å². The smallest absolute Gasteiger partial charge is 0.193 e. The van der Waals surface area contributed by atoms with Crippen LogP contribution in [0.3, 0.4) is 0 Å². The van der Waals surface area contributed by atoms with Crippen LogP contribution in [0.1, 0.15) is 29.5 Å². The highest BCUT2D eigenvalue weighted by molar-refractivity contribution is 5.93. The van der Waals surface area contributed by atoms with Gasteiger partial charge in [0.25, 0.3) is 0 Å². The zero-order valence-electron chi connectivity index (χ0n) is 16.2. The van der Waals surface area contributed by atoms with E-state index in [1.807, 2.05) is 24.3 Å². The number of aliphatic imine (C=N–C) groups is 1. The maximum absolute atomic E-state index is 6.23. The molecule has 0 saturated carbocycles. The van der Waals surface area contributed by atoms with Crippen molar-refractivity contribution in [1.29, 1.82) is 0 Å². The van der Waals surface area contributed by atoms with Crippen LogP contribution in [0.2, 0.25) is 0 Å². The summed E-state index contributed by atoms with van der Waals surface area (Å²) in [7, 11) is 1.69. The number of nitrogens with one attached hydrogen (secondary N) is 1. The van der Waals surface area contributed by atoms with Crippen molar-refractivity contribution < 1.29 is 9.47 Å². The fourth-order valence-corrected chi connectivity index (χ4v) is 3.78. The zero-order chi connectivity index (χ0) is 19.1. The molecule has 2 aromatic rings. The van der Waals surface area contributed by atoms with Gasteiger partial charge in [-0.15, -0.1) is 0 Å². The predicted molar refractivity (Wildman–Crippen MR) is 110 cm³/mol. The molecule has 0 bridgehead atoms. The minimum Gasteiger partial charge on any atom is -0.381 e. The van der Waals surface area contributed by atoms with Crippen LogP contribution in [0.25, 0.3) is 0 Å². The molecule has 2 aromatic carbocycles. The van der Waals surface area contributed by atoms with Crippen LogP contribution in [0.5, 0.6) is 0 Å². The number of rotatable bonds is 6. The number of hydrogen-bond acceptors (Lipinski definition) is 3. The van der Waals surface area contributed by atoms with Crippen molar-refractivity contribution in [3.63, 3.8) is 0 Å². The molecule has 0 unspecified atom stereocenters. The second-order valence-electron chi connectivity index (χ2n) is 7.12. The molecule has 5 nitrogen and oxygen atoms in total. The lowest BCUT2D eigenvalue weighted by Crippen LogP contribution is -2.38. The van der Waals surface area contributed by atoms with E-state index in [1.165, 1.54) is 11.1 Å². The molecule has 1 fully saturated rings. The van der Waals surface area contributed by atoms with Gasteiger partial charge in [-0.3, -0.25) is 4.99 Å². The number of aryl methyl sites for hydroxylation is 1. The predicted octanol–water partition coefficient (Wildman–Crippen LogP) is 3.62. The molecule has 0 atom stereocenters. The number of methoxy groups -OCH3 is 1. The lowest BCUT2D eigenvalue weighted by Gasteiger charge is -2.37. The average molecular weight is 367 g/mol. The number of hydrogen-bond donors (Lipinski definition) is 2. The maximum atomic E-state index is 6.23. The number of ether oxygens (including phenoxy) is 2. The van der Waals surface area contributed by atoms with Crippen molar-refractivity contribution in [1.82, 2.24) is 0 Å². The fraction of sp³-hybridized carbons (Fsp3) is 0.409. The van der Waals surface area contributed by atoms with Gasteiger partial charge in [0.15, 0.2) is 5.96 Å². The van der Waals surface area contributed by atoms with Crippen molar-refractivity contribution in [2.75, 3.05) is 32.2 Å². The highest BCUT2D eigenvalue weighted by atomic mass is 16.5. The van der Waals surface area contributed by atoms with Gasteiger partial charge in [0, 0.05) is 37.0 Å². The fourth-order valence-electron chi connectivity index (χ4n) is 3.78. The van der Waals surface area contributed by atoms with Crippen LogP contribution in [-0.4, -0.2) is 32.8 Å². The van der Waals surface area contributed by atoms with Gasteiger partial charge in [-0.05, 0) is 37.0 Å². The van der Waals surface area contributed by atoms with Crippen LogP contribution in [0.4, 0.5) is 5.69 Å². The summed E-state index contributed by atoms with van der Waals surface area (Å²) in [5.41, 5.74) is 10.8. The third-order valence-electron chi connectivity index (χ3n) is 5.30. The summed E-state index contributed by atoms with van der Waals surface area (Å²) >= 11 is 0. The molecule has 1 aliphatic rings. The first-order chi connectivity index (χ1) is 13.1. The Hall–Kier alpha value is -2.37. The molecular formula is C22H29N3O2. The van der Waals surface area contributed by atoms with E-state index in [0.717, 1.165) is 37.3 Å². The number of guanidine groups is 1. The van der Waals surface area contributed by atoms with E-state index in [4.69, 9.17) is 20.2 Å². The summed E-state index contributed by atoms with van der Waals surface area (Å²) in [4.78, 5) is 4.72. The highest BCUT2D eigenvalue weighted by Gasteiger charge is 2.35. The number of nitrogens with two attached hydrogens (primary N) is 1. The van der Waals surface area contributed by atoms with Crippen LogP contribution >= 0.6 is 0 Å². The van der Waals surface area contributed by atoms with Gasteiger partial charge in [0.05, 0.1) is 13.2 Å². The van der Waals surface area contributed by atoms with Crippen LogP contribution in [0, 0.1) is 6.92 Å². The average Bonchev–Trinajstić information content (AvgIpc) is 2.69. The molecule has 1 aliphatic heterocycles. The normalized spacial score (nSPS) is 16.9. The van der Waals surface area contributed by atoms with E-state index in [2.05, 4.69) is 36.5 Å². The molecule has 0 radical (unpaired) electrons. The monoisotopic (exact) mass is 367 g/mol. The summed E-state index contributed by atoms with van der Waals surface area (Å²) in [5.74, 6) is 0.429. The van der Waals surface area contributed by atoms with Crippen molar-refractivity contribution in [3.05, 3.63) is 65.2 Å². The number of nitrogens with zero attached hydrogens (tertiary/aromatic N) is 1. The Balaban J connectivity index is 1.80. The minimum atomic E-state index is -0.0259. The number of para-hydroxylation sites is 1. The van der Waals surface area contributed by atoms with E-state index >= 15 is 0 Å². The van der Waals surface area contributed by atoms with E-state index < -0.39 is 0 Å². The van der Waals surface area contributed by atoms with Gasteiger partial charge >= 0.3 is 0 Å². The van der Waals surface area contributed by atoms with Gasteiger partial charge in [-0.2, -0.15) is 0 Å². The van der Waals surface area contributed by atoms with Gasteiger partial charge in [0.1, 0.15) is 0 Å². The summed E-state index contributed by atoms with van der Waals surface area (Å²) in [6.07, 6.45) is 1.91. The summed E-state index contributed by atoms with van der Waals surface area (Å²) < 4.78 is 10.9. The molecule has 1 heterocycles. The molecule has 144 valence electrons. The standard InChI is InChI=1S/C22H29N3O2/c1-17-7-3-5-9-19(17)22(11-13-27-14-12-22)16-24-21(23)25-20-10-6-4-8-18(20)15-26-2/h3-10H,11-16H2,1-2H3,(H3,23,24,25). The highest BCUT2D eigenvalue weighted by Crippen LogP contribution is 2.37. The van der Waals surface area contributed by atoms with Crippen molar-refractivity contribution in [2.45, 2.75) is 31.8 Å². The molecule has 27 heavy (non-hydrogen) atoms. The quantitative estimate of drug-likeness (QED) is 0.604. The third kappa shape index (κ3) is 4.67. The largest absolute Gasteiger partial charge is 0.381 e. The van der Waals surface area contributed by atoms with E-state index in [1.54, 1.807) is 7.11 Å². The molecule has 0 amide bonds. The van der Waals surface area contributed by atoms with Crippen molar-refractivity contribution in [2.24, 2.45) is 10.7 Å². The molecule has 1 saturated heterocycles. The molecule has 0 aliphatic carbocycles. The number of anilines is 1.